The molecule has 2 N–H and O–H groups in total. The number of hydrogen-bond donors (Lipinski definition) is 1. The predicted octanol–water partition coefficient (Wildman–Crippen LogP) is 1.20. The average Bonchev–Trinajstić information content (AvgIpc) is 2.46. The maximum Gasteiger partial charge on any atom is 0.123 e. The van der Waals surface area contributed by atoms with Crippen LogP contribution in [0.15, 0.2) is 24.3 Å². The second kappa shape index (κ2) is 10.8. The molecule has 0 heterocycles. The van der Waals surface area contributed by atoms with Crippen LogP contribution in [0.2, 0.25) is 0 Å². The molecule has 0 saturated heterocycles. The van der Waals surface area contributed by atoms with Gasteiger partial charge in [-0.3, -0.25) is 0 Å². The molecule has 0 atom stereocenters. The van der Waals surface area contributed by atoms with E-state index in [0.29, 0.717) is 46.2 Å². The van der Waals surface area contributed by atoms with E-state index in [0.717, 1.165) is 11.3 Å². The Morgan fingerprint density at radius 3 is 2.21 bits per heavy atom. The summed E-state index contributed by atoms with van der Waals surface area (Å²) in [5, 5.41) is 0. The maximum absolute atomic E-state index is 5.62. The van der Waals surface area contributed by atoms with Crippen molar-refractivity contribution in [2.45, 2.75) is 6.54 Å². The van der Waals surface area contributed by atoms with Gasteiger partial charge in [0.05, 0.1) is 33.0 Å². The first kappa shape index (κ1) is 15.9. The highest BCUT2D eigenvalue weighted by molar-refractivity contribution is 5.32. The lowest BCUT2D eigenvalue weighted by Crippen LogP contribution is -2.13. The van der Waals surface area contributed by atoms with E-state index in [-0.39, 0.29) is 0 Å². The van der Waals surface area contributed by atoms with Gasteiger partial charge in [0.1, 0.15) is 12.4 Å². The van der Waals surface area contributed by atoms with Gasteiger partial charge < -0.3 is 24.7 Å². The molecule has 1 rings (SSSR count). The van der Waals surface area contributed by atoms with E-state index in [1.807, 2.05) is 24.3 Å². The normalized spacial score (nSPS) is 10.6. The zero-order valence-electron chi connectivity index (χ0n) is 11.5. The van der Waals surface area contributed by atoms with E-state index < -0.39 is 0 Å². The van der Waals surface area contributed by atoms with Crippen molar-refractivity contribution < 1.29 is 18.9 Å². The predicted molar refractivity (Wildman–Crippen MR) is 73.3 cm³/mol. The molecule has 1 aromatic rings. The fourth-order valence-electron chi connectivity index (χ4n) is 1.49. The zero-order valence-corrected chi connectivity index (χ0v) is 11.5. The summed E-state index contributed by atoms with van der Waals surface area (Å²) in [6.45, 7) is 3.86. The van der Waals surface area contributed by atoms with Crippen LogP contribution in [-0.2, 0) is 20.8 Å². The standard InChI is InChI=1S/C14H23NO4/c1-16-6-7-17-8-9-18-10-11-19-14-5-3-2-4-13(14)12-15/h2-5H,6-12,15H2,1H3. The minimum atomic E-state index is 0.477. The molecule has 0 aliphatic rings. The number of rotatable bonds is 11. The van der Waals surface area contributed by atoms with E-state index in [1.54, 1.807) is 7.11 Å². The number of methoxy groups -OCH3 is 1. The lowest BCUT2D eigenvalue weighted by Gasteiger charge is -2.10. The largest absolute Gasteiger partial charge is 0.491 e. The van der Waals surface area contributed by atoms with E-state index in [9.17, 15) is 0 Å². The van der Waals surface area contributed by atoms with Crippen LogP contribution in [0.1, 0.15) is 5.56 Å². The quantitative estimate of drug-likeness (QED) is 0.612. The van der Waals surface area contributed by atoms with Crippen LogP contribution >= 0.6 is 0 Å². The molecule has 1 aromatic carbocycles. The monoisotopic (exact) mass is 269 g/mol. The summed E-state index contributed by atoms with van der Waals surface area (Å²) in [6, 6.07) is 7.75. The van der Waals surface area contributed by atoms with Crippen LogP contribution in [0.25, 0.3) is 0 Å². The van der Waals surface area contributed by atoms with Crippen LogP contribution in [0.3, 0.4) is 0 Å². The lowest BCUT2D eigenvalue weighted by molar-refractivity contribution is 0.0179. The van der Waals surface area contributed by atoms with E-state index in [4.69, 9.17) is 24.7 Å². The first-order valence-electron chi connectivity index (χ1n) is 6.43. The Morgan fingerprint density at radius 1 is 0.895 bits per heavy atom. The van der Waals surface area contributed by atoms with Gasteiger partial charge in [0.2, 0.25) is 0 Å². The molecule has 0 spiro atoms. The van der Waals surface area contributed by atoms with Crippen LogP contribution < -0.4 is 10.5 Å². The number of nitrogens with two attached hydrogens (primary N) is 1. The Balaban J connectivity index is 2.01. The van der Waals surface area contributed by atoms with Crippen molar-refractivity contribution in [2.24, 2.45) is 5.73 Å². The van der Waals surface area contributed by atoms with Crippen LogP contribution in [-0.4, -0.2) is 46.8 Å². The molecule has 0 unspecified atom stereocenters. The summed E-state index contributed by atoms with van der Waals surface area (Å²) in [4.78, 5) is 0. The fraction of sp³-hybridized carbons (Fsp3) is 0.571. The molecule has 0 radical (unpaired) electrons. The molecule has 5 heteroatoms. The van der Waals surface area contributed by atoms with Gasteiger partial charge in [-0.05, 0) is 6.07 Å². The summed E-state index contributed by atoms with van der Waals surface area (Å²) >= 11 is 0. The minimum Gasteiger partial charge on any atom is -0.491 e. The Bertz CT molecular complexity index is 333. The lowest BCUT2D eigenvalue weighted by atomic mass is 10.2. The third-order valence-electron chi connectivity index (χ3n) is 2.48. The Hall–Kier alpha value is -1.14. The minimum absolute atomic E-state index is 0.477. The molecule has 5 nitrogen and oxygen atoms in total. The van der Waals surface area contributed by atoms with Crippen LogP contribution in [0.4, 0.5) is 0 Å². The molecule has 0 saturated carbocycles. The van der Waals surface area contributed by atoms with Gasteiger partial charge in [-0.25, -0.2) is 0 Å². The molecule has 19 heavy (non-hydrogen) atoms. The zero-order chi connectivity index (χ0) is 13.8. The number of benzene rings is 1. The number of hydrogen-bond acceptors (Lipinski definition) is 5. The van der Waals surface area contributed by atoms with Gasteiger partial charge in [-0.15, -0.1) is 0 Å². The van der Waals surface area contributed by atoms with Gasteiger partial charge in [0.15, 0.2) is 0 Å². The second-order valence-electron chi connectivity index (χ2n) is 3.88. The third kappa shape index (κ3) is 7.12. The van der Waals surface area contributed by atoms with Crippen molar-refractivity contribution in [1.82, 2.24) is 0 Å². The molecule has 0 aromatic heterocycles. The summed E-state index contributed by atoms with van der Waals surface area (Å²) in [5.41, 5.74) is 6.63. The molecular weight excluding hydrogens is 246 g/mol. The molecule has 0 bridgehead atoms. The summed E-state index contributed by atoms with van der Waals surface area (Å²) in [6.07, 6.45) is 0. The van der Waals surface area contributed by atoms with Gasteiger partial charge in [-0.1, -0.05) is 18.2 Å². The molecule has 0 aliphatic heterocycles. The van der Waals surface area contributed by atoms with Crippen molar-refractivity contribution in [3.8, 4) is 5.75 Å². The van der Waals surface area contributed by atoms with Gasteiger partial charge in [0.25, 0.3) is 0 Å². The van der Waals surface area contributed by atoms with Crippen molar-refractivity contribution in [3.05, 3.63) is 29.8 Å². The number of ether oxygens (including phenoxy) is 4. The molecule has 0 aliphatic carbocycles. The second-order valence-corrected chi connectivity index (χ2v) is 3.88. The summed E-state index contributed by atoms with van der Waals surface area (Å²) < 4.78 is 21.1. The molecular formula is C14H23NO4. The van der Waals surface area contributed by atoms with E-state index in [1.165, 1.54) is 0 Å². The fourth-order valence-corrected chi connectivity index (χ4v) is 1.49. The third-order valence-corrected chi connectivity index (χ3v) is 2.48. The Morgan fingerprint density at radius 2 is 1.53 bits per heavy atom. The maximum atomic E-state index is 5.62. The Labute approximate surface area is 114 Å². The smallest absolute Gasteiger partial charge is 0.123 e. The van der Waals surface area contributed by atoms with Gasteiger partial charge >= 0.3 is 0 Å². The molecule has 0 fully saturated rings. The molecule has 0 amide bonds. The van der Waals surface area contributed by atoms with Crippen molar-refractivity contribution >= 4 is 0 Å². The number of para-hydroxylation sites is 1. The SMILES string of the molecule is COCCOCCOCCOc1ccccc1CN. The summed E-state index contributed by atoms with van der Waals surface area (Å²) in [7, 11) is 1.65. The first-order valence-corrected chi connectivity index (χ1v) is 6.43. The highest BCUT2D eigenvalue weighted by Gasteiger charge is 2.00. The Kier molecular flexibility index (Phi) is 9.01. The summed E-state index contributed by atoms with van der Waals surface area (Å²) in [5.74, 6) is 0.824. The van der Waals surface area contributed by atoms with E-state index in [2.05, 4.69) is 0 Å². The first-order chi connectivity index (χ1) is 9.38. The van der Waals surface area contributed by atoms with Crippen LogP contribution in [0, 0.1) is 0 Å². The van der Waals surface area contributed by atoms with Crippen molar-refractivity contribution in [3.63, 3.8) is 0 Å². The molecule has 108 valence electrons. The van der Waals surface area contributed by atoms with E-state index >= 15 is 0 Å². The average molecular weight is 269 g/mol. The van der Waals surface area contributed by atoms with Crippen molar-refractivity contribution in [1.29, 1.82) is 0 Å². The van der Waals surface area contributed by atoms with Crippen LogP contribution in [0.5, 0.6) is 5.75 Å². The van der Waals surface area contributed by atoms with Crippen molar-refractivity contribution in [2.75, 3.05) is 46.8 Å². The highest BCUT2D eigenvalue weighted by Crippen LogP contribution is 2.16. The topological polar surface area (TPSA) is 62.9 Å². The highest BCUT2D eigenvalue weighted by atomic mass is 16.6. The van der Waals surface area contributed by atoms with Gasteiger partial charge in [-0.2, -0.15) is 0 Å². The van der Waals surface area contributed by atoms with Gasteiger partial charge in [0, 0.05) is 19.2 Å².